The molecule has 1 aliphatic rings. The van der Waals surface area contributed by atoms with Crippen LogP contribution in [0.3, 0.4) is 0 Å². The molecule has 1 aliphatic carbocycles. The molecule has 0 radical (unpaired) electrons. The fraction of sp³-hybridized carbons (Fsp3) is 0.588. The molecule has 1 aromatic carbocycles. The van der Waals surface area contributed by atoms with Gasteiger partial charge < -0.3 is 10.6 Å². The van der Waals surface area contributed by atoms with Crippen LogP contribution in [0.4, 0.5) is 4.39 Å². The SMILES string of the molecule is CCN(C(=O)[C@@H]1CCC[C@@H]1CN)C(C)c1ccc(F)cc1. The molecule has 2 N–H and O–H groups in total. The molecular weight excluding hydrogens is 267 g/mol. The Kier molecular flexibility index (Phi) is 5.34. The predicted octanol–water partition coefficient (Wildman–Crippen LogP) is 3.11. The molecule has 0 heterocycles. The Morgan fingerprint density at radius 2 is 2.05 bits per heavy atom. The van der Waals surface area contributed by atoms with Gasteiger partial charge in [-0.25, -0.2) is 4.39 Å². The highest BCUT2D eigenvalue weighted by atomic mass is 19.1. The second-order valence-corrected chi connectivity index (χ2v) is 5.88. The van der Waals surface area contributed by atoms with Gasteiger partial charge in [0.2, 0.25) is 5.91 Å². The standard InChI is InChI=1S/C17H25FN2O/c1-3-20(12(2)13-7-9-15(18)10-8-13)17(21)16-6-4-5-14(16)11-19/h7-10,12,14,16H,3-6,11,19H2,1-2H3/t12?,14-,16-/m1/s1. The summed E-state index contributed by atoms with van der Waals surface area (Å²) in [6.07, 6.45) is 3.07. The van der Waals surface area contributed by atoms with Crippen molar-refractivity contribution in [3.8, 4) is 0 Å². The van der Waals surface area contributed by atoms with E-state index in [1.165, 1.54) is 12.1 Å². The van der Waals surface area contributed by atoms with Crippen LogP contribution in [0, 0.1) is 17.7 Å². The first-order valence-corrected chi connectivity index (χ1v) is 7.84. The third kappa shape index (κ3) is 3.43. The van der Waals surface area contributed by atoms with Crippen LogP contribution < -0.4 is 5.73 Å². The van der Waals surface area contributed by atoms with Crippen molar-refractivity contribution in [3.63, 3.8) is 0 Å². The van der Waals surface area contributed by atoms with Gasteiger partial charge in [-0.1, -0.05) is 18.6 Å². The van der Waals surface area contributed by atoms with Crippen molar-refractivity contribution in [2.75, 3.05) is 13.1 Å². The van der Waals surface area contributed by atoms with E-state index >= 15 is 0 Å². The Balaban J connectivity index is 2.14. The number of amides is 1. The number of carbonyl (C=O) groups excluding carboxylic acids is 1. The summed E-state index contributed by atoms with van der Waals surface area (Å²) < 4.78 is 13.0. The number of benzene rings is 1. The molecule has 1 saturated carbocycles. The van der Waals surface area contributed by atoms with E-state index in [-0.39, 0.29) is 23.7 Å². The Labute approximate surface area is 126 Å². The van der Waals surface area contributed by atoms with Gasteiger partial charge in [-0.15, -0.1) is 0 Å². The number of nitrogens with two attached hydrogens (primary N) is 1. The number of carbonyl (C=O) groups is 1. The smallest absolute Gasteiger partial charge is 0.226 e. The van der Waals surface area contributed by atoms with Gasteiger partial charge in [0, 0.05) is 12.5 Å². The first-order chi connectivity index (χ1) is 10.1. The van der Waals surface area contributed by atoms with Gasteiger partial charge in [-0.2, -0.15) is 0 Å². The van der Waals surface area contributed by atoms with Crippen LogP contribution in [0.25, 0.3) is 0 Å². The van der Waals surface area contributed by atoms with Gasteiger partial charge in [0.1, 0.15) is 5.82 Å². The zero-order chi connectivity index (χ0) is 15.4. The van der Waals surface area contributed by atoms with Crippen molar-refractivity contribution >= 4 is 5.91 Å². The van der Waals surface area contributed by atoms with E-state index in [1.54, 1.807) is 12.1 Å². The Morgan fingerprint density at radius 1 is 1.38 bits per heavy atom. The molecule has 0 saturated heterocycles. The first-order valence-electron chi connectivity index (χ1n) is 7.84. The minimum atomic E-state index is -0.251. The van der Waals surface area contributed by atoms with Crippen molar-refractivity contribution in [1.29, 1.82) is 0 Å². The Morgan fingerprint density at radius 3 is 2.62 bits per heavy atom. The van der Waals surface area contributed by atoms with E-state index in [0.717, 1.165) is 24.8 Å². The van der Waals surface area contributed by atoms with Crippen LogP contribution in [-0.2, 0) is 4.79 Å². The molecule has 4 heteroatoms. The van der Waals surface area contributed by atoms with Gasteiger partial charge in [0.05, 0.1) is 6.04 Å². The molecule has 2 rings (SSSR count). The number of hydrogen-bond acceptors (Lipinski definition) is 2. The summed E-state index contributed by atoms with van der Waals surface area (Å²) in [4.78, 5) is 14.7. The summed E-state index contributed by atoms with van der Waals surface area (Å²) in [6.45, 7) is 5.23. The van der Waals surface area contributed by atoms with Gasteiger partial charge in [0.25, 0.3) is 0 Å². The summed E-state index contributed by atoms with van der Waals surface area (Å²) >= 11 is 0. The van der Waals surface area contributed by atoms with Gasteiger partial charge >= 0.3 is 0 Å². The minimum absolute atomic E-state index is 0.0397. The van der Waals surface area contributed by atoms with Crippen LogP contribution in [0.1, 0.15) is 44.7 Å². The Hall–Kier alpha value is -1.42. The monoisotopic (exact) mass is 292 g/mol. The highest BCUT2D eigenvalue weighted by Gasteiger charge is 2.35. The van der Waals surface area contributed by atoms with E-state index in [1.807, 2.05) is 18.7 Å². The molecule has 0 aromatic heterocycles. The van der Waals surface area contributed by atoms with E-state index < -0.39 is 0 Å². The second kappa shape index (κ2) is 7.03. The van der Waals surface area contributed by atoms with Crippen molar-refractivity contribution in [2.45, 2.75) is 39.2 Å². The molecule has 21 heavy (non-hydrogen) atoms. The lowest BCUT2D eigenvalue weighted by Crippen LogP contribution is -2.40. The molecule has 3 atom stereocenters. The maximum Gasteiger partial charge on any atom is 0.226 e. The fourth-order valence-corrected chi connectivity index (χ4v) is 3.40. The number of rotatable bonds is 5. The van der Waals surface area contributed by atoms with E-state index in [2.05, 4.69) is 0 Å². The number of halogens is 1. The number of hydrogen-bond donors (Lipinski definition) is 1. The fourth-order valence-electron chi connectivity index (χ4n) is 3.40. The van der Waals surface area contributed by atoms with E-state index in [9.17, 15) is 9.18 Å². The largest absolute Gasteiger partial charge is 0.336 e. The lowest BCUT2D eigenvalue weighted by molar-refractivity contribution is -0.138. The van der Waals surface area contributed by atoms with Crippen molar-refractivity contribution < 1.29 is 9.18 Å². The molecule has 116 valence electrons. The lowest BCUT2D eigenvalue weighted by Gasteiger charge is -2.32. The van der Waals surface area contributed by atoms with Crippen molar-refractivity contribution in [1.82, 2.24) is 4.90 Å². The maximum absolute atomic E-state index is 13.0. The van der Waals surface area contributed by atoms with Crippen molar-refractivity contribution in [3.05, 3.63) is 35.6 Å². The Bertz CT molecular complexity index is 474. The average molecular weight is 292 g/mol. The molecule has 1 aromatic rings. The molecule has 1 fully saturated rings. The third-order valence-corrected chi connectivity index (χ3v) is 4.72. The summed E-state index contributed by atoms with van der Waals surface area (Å²) in [7, 11) is 0. The average Bonchev–Trinajstić information content (AvgIpc) is 2.96. The molecular formula is C17H25FN2O. The molecule has 0 aliphatic heterocycles. The topological polar surface area (TPSA) is 46.3 Å². The van der Waals surface area contributed by atoms with E-state index in [4.69, 9.17) is 5.73 Å². The minimum Gasteiger partial charge on any atom is -0.336 e. The van der Waals surface area contributed by atoms with Crippen LogP contribution in [0.2, 0.25) is 0 Å². The van der Waals surface area contributed by atoms with Gasteiger partial charge in [0.15, 0.2) is 0 Å². The maximum atomic E-state index is 13.0. The molecule has 3 nitrogen and oxygen atoms in total. The molecule has 1 amide bonds. The van der Waals surface area contributed by atoms with E-state index in [0.29, 0.717) is 19.0 Å². The summed E-state index contributed by atoms with van der Waals surface area (Å²) in [6, 6.07) is 6.36. The number of nitrogens with zero attached hydrogens (tertiary/aromatic N) is 1. The van der Waals surface area contributed by atoms with Gasteiger partial charge in [-0.05, 0) is 56.8 Å². The molecule has 1 unspecified atom stereocenters. The summed E-state index contributed by atoms with van der Waals surface area (Å²) in [5, 5.41) is 0. The van der Waals surface area contributed by atoms with Crippen LogP contribution in [0.15, 0.2) is 24.3 Å². The predicted molar refractivity (Wildman–Crippen MR) is 82.1 cm³/mol. The quantitative estimate of drug-likeness (QED) is 0.906. The highest BCUT2D eigenvalue weighted by molar-refractivity contribution is 5.80. The molecule has 0 bridgehead atoms. The zero-order valence-corrected chi connectivity index (χ0v) is 12.9. The van der Waals surface area contributed by atoms with Gasteiger partial charge in [-0.3, -0.25) is 4.79 Å². The summed E-state index contributed by atoms with van der Waals surface area (Å²) in [5.41, 5.74) is 6.76. The summed E-state index contributed by atoms with van der Waals surface area (Å²) in [5.74, 6) is 0.311. The normalized spacial score (nSPS) is 23.0. The molecule has 0 spiro atoms. The van der Waals surface area contributed by atoms with Crippen LogP contribution >= 0.6 is 0 Å². The van der Waals surface area contributed by atoms with Crippen molar-refractivity contribution in [2.24, 2.45) is 17.6 Å². The van der Waals surface area contributed by atoms with Crippen LogP contribution in [-0.4, -0.2) is 23.9 Å². The van der Waals surface area contributed by atoms with Crippen LogP contribution in [0.5, 0.6) is 0 Å². The highest BCUT2D eigenvalue weighted by Crippen LogP contribution is 2.34. The lowest BCUT2D eigenvalue weighted by atomic mass is 9.93. The zero-order valence-electron chi connectivity index (χ0n) is 12.9. The third-order valence-electron chi connectivity index (χ3n) is 4.72. The second-order valence-electron chi connectivity index (χ2n) is 5.88. The first kappa shape index (κ1) is 16.0.